The lowest BCUT2D eigenvalue weighted by Gasteiger charge is -2.27. The third-order valence-corrected chi connectivity index (χ3v) is 4.54. The van der Waals surface area contributed by atoms with E-state index in [1.807, 2.05) is 55.5 Å². The molecule has 0 aliphatic carbocycles. The number of ether oxygens (including phenoxy) is 1. The summed E-state index contributed by atoms with van der Waals surface area (Å²) in [6, 6.07) is 15.2. The zero-order chi connectivity index (χ0) is 18.5. The number of hydrogen-bond donors (Lipinski definition) is 2. The maximum absolute atomic E-state index is 12.7. The lowest BCUT2D eigenvalue weighted by atomic mass is 9.99. The van der Waals surface area contributed by atoms with Crippen LogP contribution in [0.15, 0.2) is 48.5 Å². The maximum atomic E-state index is 12.7. The van der Waals surface area contributed by atoms with Crippen molar-refractivity contribution in [2.45, 2.75) is 38.8 Å². The minimum atomic E-state index is -0.344. The fourth-order valence-corrected chi connectivity index (χ4v) is 3.23. The van der Waals surface area contributed by atoms with Crippen LogP contribution >= 0.6 is 0 Å². The molecular formula is C21H24N2O3. The van der Waals surface area contributed by atoms with Gasteiger partial charge in [0.05, 0.1) is 25.1 Å². The molecule has 3 rings (SSSR count). The number of aryl methyl sites for hydroxylation is 1. The van der Waals surface area contributed by atoms with Crippen molar-refractivity contribution < 1.29 is 14.3 Å². The molecule has 136 valence electrons. The van der Waals surface area contributed by atoms with Crippen LogP contribution in [0.1, 0.15) is 48.5 Å². The Balaban J connectivity index is 1.70. The van der Waals surface area contributed by atoms with Gasteiger partial charge in [0.25, 0.3) is 0 Å². The summed E-state index contributed by atoms with van der Waals surface area (Å²) in [6.45, 7) is 4.05. The molecule has 26 heavy (non-hydrogen) atoms. The van der Waals surface area contributed by atoms with E-state index in [-0.39, 0.29) is 30.3 Å². The first-order valence-electron chi connectivity index (χ1n) is 8.87. The van der Waals surface area contributed by atoms with E-state index >= 15 is 0 Å². The molecular weight excluding hydrogens is 328 g/mol. The highest BCUT2D eigenvalue weighted by Crippen LogP contribution is 2.31. The fourth-order valence-electron chi connectivity index (χ4n) is 3.23. The molecule has 0 unspecified atom stereocenters. The number of nitrogens with one attached hydrogen (secondary N) is 2. The molecule has 2 atom stereocenters. The predicted octanol–water partition coefficient (Wildman–Crippen LogP) is 3.20. The van der Waals surface area contributed by atoms with Crippen LogP contribution in [0, 0.1) is 6.92 Å². The summed E-state index contributed by atoms with van der Waals surface area (Å²) in [5.74, 6) is 0.576. The van der Waals surface area contributed by atoms with E-state index in [2.05, 4.69) is 10.6 Å². The molecule has 0 fully saturated rings. The van der Waals surface area contributed by atoms with Gasteiger partial charge in [-0.3, -0.25) is 9.59 Å². The monoisotopic (exact) mass is 352 g/mol. The van der Waals surface area contributed by atoms with Crippen molar-refractivity contribution in [1.29, 1.82) is 0 Å². The number of amides is 2. The topological polar surface area (TPSA) is 67.4 Å². The number of carbonyl (C=O) groups excluding carboxylic acids is 2. The number of carbonyl (C=O) groups is 2. The highest BCUT2D eigenvalue weighted by molar-refractivity contribution is 5.79. The molecule has 5 nitrogen and oxygen atoms in total. The summed E-state index contributed by atoms with van der Waals surface area (Å²) >= 11 is 0. The van der Waals surface area contributed by atoms with Gasteiger partial charge in [-0.15, -0.1) is 0 Å². The summed E-state index contributed by atoms with van der Waals surface area (Å²) in [4.78, 5) is 24.2. The van der Waals surface area contributed by atoms with Crippen LogP contribution in [0.25, 0.3) is 0 Å². The van der Waals surface area contributed by atoms with E-state index < -0.39 is 0 Å². The highest BCUT2D eigenvalue weighted by atomic mass is 16.5. The second-order valence-corrected chi connectivity index (χ2v) is 6.66. The Labute approximate surface area is 153 Å². The number of rotatable bonds is 5. The van der Waals surface area contributed by atoms with Crippen molar-refractivity contribution in [2.24, 2.45) is 0 Å². The molecule has 0 spiro atoms. The van der Waals surface area contributed by atoms with E-state index in [1.54, 1.807) is 0 Å². The molecule has 0 saturated heterocycles. The third-order valence-electron chi connectivity index (χ3n) is 4.54. The van der Waals surface area contributed by atoms with E-state index in [4.69, 9.17) is 4.74 Å². The number of para-hydroxylation sites is 1. The molecule has 5 heteroatoms. The Hall–Kier alpha value is -2.82. The minimum absolute atomic E-state index is 0.0663. The van der Waals surface area contributed by atoms with Crippen LogP contribution in [0.5, 0.6) is 5.75 Å². The van der Waals surface area contributed by atoms with Crippen molar-refractivity contribution in [2.75, 3.05) is 6.61 Å². The maximum Gasteiger partial charge on any atom is 0.222 e. The molecule has 1 heterocycles. The molecule has 2 aromatic rings. The van der Waals surface area contributed by atoms with Gasteiger partial charge in [-0.25, -0.2) is 0 Å². The van der Waals surface area contributed by atoms with Gasteiger partial charge in [-0.05, 0) is 18.6 Å². The molecule has 0 radical (unpaired) electrons. The predicted molar refractivity (Wildman–Crippen MR) is 99.8 cm³/mol. The smallest absolute Gasteiger partial charge is 0.222 e. The highest BCUT2D eigenvalue weighted by Gasteiger charge is 2.24. The number of hydrogen-bond acceptors (Lipinski definition) is 3. The van der Waals surface area contributed by atoms with Crippen molar-refractivity contribution in [1.82, 2.24) is 10.6 Å². The molecule has 2 amide bonds. The standard InChI is InChI=1S/C21H24N2O3/c1-14-7-9-16(10-8-14)19(22-15(2)24)13-21(25)23-18-11-12-26-20-6-4-3-5-17(18)20/h3-10,18-19H,11-13H2,1-2H3,(H,22,24)(H,23,25)/t18-,19+/m0/s1. The summed E-state index contributed by atoms with van der Waals surface area (Å²) in [6.07, 6.45) is 0.931. The van der Waals surface area contributed by atoms with Crippen molar-refractivity contribution in [3.8, 4) is 5.75 Å². The van der Waals surface area contributed by atoms with Gasteiger partial charge in [-0.2, -0.15) is 0 Å². The fraction of sp³-hybridized carbons (Fsp3) is 0.333. The molecule has 1 aliphatic heterocycles. The molecule has 0 aromatic heterocycles. The van der Waals surface area contributed by atoms with Crippen LogP contribution in [0.4, 0.5) is 0 Å². The van der Waals surface area contributed by atoms with Crippen LogP contribution in [-0.2, 0) is 9.59 Å². The first-order valence-corrected chi connectivity index (χ1v) is 8.87. The van der Waals surface area contributed by atoms with Crippen LogP contribution < -0.4 is 15.4 Å². The zero-order valence-electron chi connectivity index (χ0n) is 15.1. The molecule has 2 aromatic carbocycles. The first-order chi connectivity index (χ1) is 12.5. The second-order valence-electron chi connectivity index (χ2n) is 6.66. The number of fused-ring (bicyclic) bond motifs is 1. The van der Waals surface area contributed by atoms with E-state index in [0.717, 1.165) is 28.9 Å². The van der Waals surface area contributed by atoms with Crippen molar-refractivity contribution >= 4 is 11.8 Å². The zero-order valence-corrected chi connectivity index (χ0v) is 15.1. The van der Waals surface area contributed by atoms with Gasteiger partial charge in [-0.1, -0.05) is 48.0 Å². The average Bonchev–Trinajstić information content (AvgIpc) is 2.62. The van der Waals surface area contributed by atoms with Gasteiger partial charge in [0, 0.05) is 18.9 Å². The normalized spacial score (nSPS) is 16.8. The van der Waals surface area contributed by atoms with Gasteiger partial charge >= 0.3 is 0 Å². The minimum Gasteiger partial charge on any atom is -0.493 e. The lowest BCUT2D eigenvalue weighted by Crippen LogP contribution is -2.36. The van der Waals surface area contributed by atoms with Crippen LogP contribution in [0.2, 0.25) is 0 Å². The molecule has 1 aliphatic rings. The summed E-state index contributed by atoms with van der Waals surface area (Å²) in [5.41, 5.74) is 3.06. The Morgan fingerprint density at radius 2 is 1.88 bits per heavy atom. The lowest BCUT2D eigenvalue weighted by molar-refractivity contribution is -0.123. The van der Waals surface area contributed by atoms with Crippen LogP contribution in [-0.4, -0.2) is 18.4 Å². The second kappa shape index (κ2) is 8.04. The van der Waals surface area contributed by atoms with Crippen molar-refractivity contribution in [3.05, 3.63) is 65.2 Å². The summed E-state index contributed by atoms with van der Waals surface area (Å²) < 4.78 is 5.64. The van der Waals surface area contributed by atoms with E-state index in [0.29, 0.717) is 6.61 Å². The van der Waals surface area contributed by atoms with Gasteiger partial charge < -0.3 is 15.4 Å². The van der Waals surface area contributed by atoms with Crippen LogP contribution in [0.3, 0.4) is 0 Å². The Bertz CT molecular complexity index is 786. The number of benzene rings is 2. The van der Waals surface area contributed by atoms with E-state index in [1.165, 1.54) is 6.92 Å². The van der Waals surface area contributed by atoms with Gasteiger partial charge in [0.1, 0.15) is 5.75 Å². The Kier molecular flexibility index (Phi) is 5.56. The Morgan fingerprint density at radius 1 is 1.15 bits per heavy atom. The molecule has 2 N–H and O–H groups in total. The summed E-state index contributed by atoms with van der Waals surface area (Å²) in [7, 11) is 0. The largest absolute Gasteiger partial charge is 0.493 e. The average molecular weight is 352 g/mol. The summed E-state index contributed by atoms with van der Waals surface area (Å²) in [5, 5.41) is 5.97. The van der Waals surface area contributed by atoms with Gasteiger partial charge in [0.15, 0.2) is 0 Å². The quantitative estimate of drug-likeness (QED) is 0.868. The Morgan fingerprint density at radius 3 is 2.62 bits per heavy atom. The van der Waals surface area contributed by atoms with Crippen molar-refractivity contribution in [3.63, 3.8) is 0 Å². The SMILES string of the molecule is CC(=O)N[C@H](CC(=O)N[C@H]1CCOc2ccccc21)c1ccc(C)cc1. The third kappa shape index (κ3) is 4.42. The van der Waals surface area contributed by atoms with Gasteiger partial charge in [0.2, 0.25) is 11.8 Å². The first kappa shape index (κ1) is 18.0. The van der Waals surface area contributed by atoms with E-state index in [9.17, 15) is 9.59 Å². The molecule has 0 saturated carbocycles. The molecule has 0 bridgehead atoms.